The molecule has 2 aromatic carbocycles. The zero-order valence-electron chi connectivity index (χ0n) is 13.7. The Morgan fingerprint density at radius 3 is 2.78 bits per heavy atom. The van der Waals surface area contributed by atoms with Crippen molar-refractivity contribution in [1.82, 2.24) is 9.78 Å². The molecule has 0 spiro atoms. The summed E-state index contributed by atoms with van der Waals surface area (Å²) in [6.07, 6.45) is 2.93. The second-order valence-corrected chi connectivity index (χ2v) is 5.90. The number of benzene rings is 2. The Labute approximate surface area is 157 Å². The van der Waals surface area contributed by atoms with Gasteiger partial charge in [0.15, 0.2) is 0 Å². The number of para-hydroxylation sites is 1. The van der Waals surface area contributed by atoms with Crippen molar-refractivity contribution in [2.75, 3.05) is 5.32 Å². The van der Waals surface area contributed by atoms with E-state index in [1.165, 1.54) is 59.5 Å². The van der Waals surface area contributed by atoms with E-state index in [9.17, 15) is 18.0 Å². The summed E-state index contributed by atoms with van der Waals surface area (Å²) in [7, 11) is 0. The number of rotatable bonds is 6. The third-order valence-electron chi connectivity index (χ3n) is 3.59. The first-order valence-corrected chi connectivity index (χ1v) is 8.12. The Kier molecular flexibility index (Phi) is 5.66. The van der Waals surface area contributed by atoms with Crippen LogP contribution in [0.4, 0.5) is 18.9 Å². The van der Waals surface area contributed by atoms with E-state index in [1.54, 1.807) is 0 Å². The fourth-order valence-electron chi connectivity index (χ4n) is 2.39. The molecule has 3 rings (SSSR count). The second kappa shape index (κ2) is 8.13. The van der Waals surface area contributed by atoms with Gasteiger partial charge in [0.1, 0.15) is 11.6 Å². The van der Waals surface area contributed by atoms with Crippen molar-refractivity contribution in [2.45, 2.75) is 13.2 Å². The van der Waals surface area contributed by atoms with E-state index in [2.05, 4.69) is 15.2 Å². The quantitative estimate of drug-likeness (QED) is 0.664. The second-order valence-electron chi connectivity index (χ2n) is 5.49. The minimum Gasteiger partial charge on any atom is -0.434 e. The van der Waals surface area contributed by atoms with E-state index in [0.29, 0.717) is 11.3 Å². The summed E-state index contributed by atoms with van der Waals surface area (Å²) in [6, 6.07) is 9.69. The van der Waals surface area contributed by atoms with Crippen LogP contribution in [-0.4, -0.2) is 22.3 Å². The highest BCUT2D eigenvalue weighted by atomic mass is 35.5. The lowest BCUT2D eigenvalue weighted by molar-refractivity contribution is -0.0501. The predicted octanol–water partition coefficient (Wildman–Crippen LogP) is 4.58. The molecule has 0 aliphatic heterocycles. The third-order valence-corrected chi connectivity index (χ3v) is 3.94. The van der Waals surface area contributed by atoms with Gasteiger partial charge in [0.05, 0.1) is 24.0 Å². The Morgan fingerprint density at radius 1 is 1.26 bits per heavy atom. The summed E-state index contributed by atoms with van der Waals surface area (Å²) < 4.78 is 43.9. The zero-order chi connectivity index (χ0) is 19.4. The molecule has 0 atom stereocenters. The lowest BCUT2D eigenvalue weighted by Gasteiger charge is -2.10. The maximum absolute atomic E-state index is 13.1. The van der Waals surface area contributed by atoms with Gasteiger partial charge in [0.2, 0.25) is 0 Å². The van der Waals surface area contributed by atoms with Crippen molar-refractivity contribution >= 4 is 23.2 Å². The van der Waals surface area contributed by atoms with E-state index >= 15 is 0 Å². The largest absolute Gasteiger partial charge is 0.434 e. The Hall–Kier alpha value is -3.00. The first-order chi connectivity index (χ1) is 12.9. The number of ether oxygens (including phenoxy) is 1. The fourth-order valence-corrected chi connectivity index (χ4v) is 2.62. The molecule has 0 aliphatic rings. The van der Waals surface area contributed by atoms with Gasteiger partial charge in [-0.1, -0.05) is 29.8 Å². The molecular weight excluding hydrogens is 383 g/mol. The lowest BCUT2D eigenvalue weighted by atomic mass is 10.2. The molecule has 3 aromatic rings. The first-order valence-electron chi connectivity index (χ1n) is 7.74. The number of hydrogen-bond acceptors (Lipinski definition) is 3. The molecule has 1 N–H and O–H groups in total. The fraction of sp³-hybridized carbons (Fsp3) is 0.111. The van der Waals surface area contributed by atoms with Gasteiger partial charge in [-0.25, -0.2) is 4.39 Å². The number of amides is 1. The summed E-state index contributed by atoms with van der Waals surface area (Å²) in [6.45, 7) is -2.78. The smallest absolute Gasteiger partial charge is 0.387 e. The van der Waals surface area contributed by atoms with Crippen LogP contribution in [0.2, 0.25) is 5.02 Å². The van der Waals surface area contributed by atoms with Crippen molar-refractivity contribution in [3.05, 3.63) is 76.8 Å². The monoisotopic (exact) mass is 395 g/mol. The molecule has 9 heteroatoms. The highest BCUT2D eigenvalue weighted by Gasteiger charge is 2.16. The van der Waals surface area contributed by atoms with Gasteiger partial charge in [-0.05, 0) is 29.8 Å². The van der Waals surface area contributed by atoms with Crippen LogP contribution in [0, 0.1) is 5.82 Å². The topological polar surface area (TPSA) is 56.2 Å². The van der Waals surface area contributed by atoms with Crippen molar-refractivity contribution in [1.29, 1.82) is 0 Å². The molecule has 0 bridgehead atoms. The van der Waals surface area contributed by atoms with Crippen molar-refractivity contribution in [2.24, 2.45) is 0 Å². The maximum atomic E-state index is 13.1. The average Bonchev–Trinajstić information content (AvgIpc) is 3.04. The number of nitrogens with one attached hydrogen (secondary N) is 1. The number of aromatic nitrogens is 2. The van der Waals surface area contributed by atoms with Gasteiger partial charge < -0.3 is 10.1 Å². The van der Waals surface area contributed by atoms with Gasteiger partial charge in [-0.3, -0.25) is 9.48 Å². The summed E-state index contributed by atoms with van der Waals surface area (Å²) in [5.41, 5.74) is 0.965. The number of hydrogen-bond donors (Lipinski definition) is 1. The van der Waals surface area contributed by atoms with Gasteiger partial charge in [0, 0.05) is 11.2 Å². The lowest BCUT2D eigenvalue weighted by Crippen LogP contribution is -2.14. The van der Waals surface area contributed by atoms with E-state index in [0.717, 1.165) is 0 Å². The number of nitrogens with zero attached hydrogens (tertiary/aromatic N) is 2. The highest BCUT2D eigenvalue weighted by Crippen LogP contribution is 2.22. The summed E-state index contributed by atoms with van der Waals surface area (Å²) in [5, 5.41) is 6.91. The van der Waals surface area contributed by atoms with Crippen LogP contribution in [0.5, 0.6) is 5.75 Å². The number of alkyl halides is 2. The van der Waals surface area contributed by atoms with Crippen molar-refractivity contribution in [3.8, 4) is 5.75 Å². The Balaban J connectivity index is 1.71. The molecule has 140 valence electrons. The number of halogens is 4. The highest BCUT2D eigenvalue weighted by molar-refractivity contribution is 6.31. The molecule has 27 heavy (non-hydrogen) atoms. The van der Waals surface area contributed by atoms with Crippen LogP contribution < -0.4 is 10.1 Å². The molecule has 1 aromatic heterocycles. The molecule has 0 saturated carbocycles. The molecular formula is C18H13ClF3N3O2. The molecule has 0 saturated heterocycles. The molecule has 0 fully saturated rings. The van der Waals surface area contributed by atoms with Crippen LogP contribution in [0.3, 0.4) is 0 Å². The van der Waals surface area contributed by atoms with Crippen molar-refractivity contribution < 1.29 is 22.7 Å². The molecule has 0 aliphatic carbocycles. The minimum atomic E-state index is -3.04. The van der Waals surface area contributed by atoms with Gasteiger partial charge in [-0.2, -0.15) is 13.9 Å². The van der Waals surface area contributed by atoms with Crippen LogP contribution in [0.15, 0.2) is 54.9 Å². The summed E-state index contributed by atoms with van der Waals surface area (Å²) in [5.74, 6) is -1.29. The van der Waals surface area contributed by atoms with Crippen molar-refractivity contribution in [3.63, 3.8) is 0 Å². The average molecular weight is 396 g/mol. The van der Waals surface area contributed by atoms with Crippen LogP contribution in [0.1, 0.15) is 15.9 Å². The molecule has 1 heterocycles. The summed E-state index contributed by atoms with van der Waals surface area (Å²) in [4.78, 5) is 12.3. The van der Waals surface area contributed by atoms with E-state index in [-0.39, 0.29) is 22.9 Å². The molecule has 1 amide bonds. The van der Waals surface area contributed by atoms with Gasteiger partial charge in [-0.15, -0.1) is 0 Å². The summed E-state index contributed by atoms with van der Waals surface area (Å²) >= 11 is 5.98. The number of carbonyl (C=O) groups is 1. The maximum Gasteiger partial charge on any atom is 0.387 e. The Morgan fingerprint density at radius 2 is 2.04 bits per heavy atom. The Bertz CT molecular complexity index is 963. The molecule has 0 radical (unpaired) electrons. The number of carbonyl (C=O) groups excluding carboxylic acids is 1. The van der Waals surface area contributed by atoms with Crippen LogP contribution in [0.25, 0.3) is 0 Å². The minimum absolute atomic E-state index is 0.0351. The van der Waals surface area contributed by atoms with Crippen LogP contribution in [-0.2, 0) is 6.54 Å². The molecule has 5 nitrogen and oxygen atoms in total. The van der Waals surface area contributed by atoms with Gasteiger partial charge in [0.25, 0.3) is 5.91 Å². The zero-order valence-corrected chi connectivity index (χ0v) is 14.5. The van der Waals surface area contributed by atoms with E-state index < -0.39 is 18.3 Å². The number of anilines is 1. The first kappa shape index (κ1) is 18.8. The third kappa shape index (κ3) is 4.79. The normalized spacial score (nSPS) is 10.9. The predicted molar refractivity (Wildman–Crippen MR) is 93.8 cm³/mol. The van der Waals surface area contributed by atoms with Gasteiger partial charge >= 0.3 is 6.61 Å². The van der Waals surface area contributed by atoms with E-state index in [1.807, 2.05) is 0 Å². The standard InChI is InChI=1S/C18H13ClF3N3O2/c19-15-7-12(20)6-5-11(15)9-25-10-13(8-23-25)24-17(26)14-3-1-2-4-16(14)27-18(21)22/h1-8,10,18H,9H2,(H,24,26). The molecule has 0 unspecified atom stereocenters. The van der Waals surface area contributed by atoms with Crippen LogP contribution >= 0.6 is 11.6 Å². The van der Waals surface area contributed by atoms with E-state index in [4.69, 9.17) is 11.6 Å². The SMILES string of the molecule is O=C(Nc1cnn(Cc2ccc(F)cc2Cl)c1)c1ccccc1OC(F)F.